The molecule has 0 aromatic heterocycles. The van der Waals surface area contributed by atoms with Gasteiger partial charge in [0.15, 0.2) is 0 Å². The van der Waals surface area contributed by atoms with Crippen LogP contribution in [-0.2, 0) is 0 Å². The van der Waals surface area contributed by atoms with Crippen LogP contribution in [0, 0.1) is 0 Å². The minimum atomic E-state index is -1.56. The summed E-state index contributed by atoms with van der Waals surface area (Å²) in [5.74, 6) is 0. The summed E-state index contributed by atoms with van der Waals surface area (Å²) in [7, 11) is 0. The maximum absolute atomic E-state index is 2.48. The molecule has 2 heteroatoms. The van der Waals surface area contributed by atoms with E-state index in [1.807, 2.05) is 0 Å². The van der Waals surface area contributed by atoms with Crippen molar-refractivity contribution >= 4 is 24.8 Å². The van der Waals surface area contributed by atoms with Gasteiger partial charge in [-0.05, 0) is 0 Å². The fraction of sp³-hybridized carbons (Fsp3) is 0.385. The van der Waals surface area contributed by atoms with E-state index in [1.165, 1.54) is 0 Å². The van der Waals surface area contributed by atoms with E-state index in [4.69, 9.17) is 0 Å². The summed E-state index contributed by atoms with van der Waals surface area (Å²) in [6.45, 7) is 6.63. The van der Waals surface area contributed by atoms with Crippen molar-refractivity contribution in [3.63, 3.8) is 0 Å². The van der Waals surface area contributed by atoms with Crippen molar-refractivity contribution in [2.24, 2.45) is 0 Å². The first-order valence-corrected chi connectivity index (χ1v) is 12.6. The zero-order chi connectivity index (χ0) is 11.1. The van der Waals surface area contributed by atoms with E-state index in [0.717, 1.165) is 13.1 Å². The van der Waals surface area contributed by atoms with E-state index in [-0.39, 0.29) is 0 Å². The second-order valence-electron chi connectivity index (χ2n) is 3.76. The summed E-state index contributed by atoms with van der Waals surface area (Å²) in [5, 5.41) is 0. The molecule has 0 aliphatic rings. The van der Waals surface area contributed by atoms with Gasteiger partial charge < -0.3 is 0 Å². The average molecular weight is 305 g/mol. The second kappa shape index (κ2) is 7.00. The van der Waals surface area contributed by atoms with E-state index in [9.17, 15) is 0 Å². The molecule has 0 fully saturated rings. The molecule has 0 bridgehead atoms. The van der Waals surface area contributed by atoms with Crippen molar-refractivity contribution in [1.82, 2.24) is 4.90 Å². The topological polar surface area (TPSA) is 3.24 Å². The summed E-state index contributed by atoms with van der Waals surface area (Å²) in [5.41, 5.74) is 0. The Balaban J connectivity index is 2.59. The van der Waals surface area contributed by atoms with Gasteiger partial charge in [0, 0.05) is 0 Å². The Kier molecular flexibility index (Phi) is 5.92. The molecule has 0 atom stereocenters. The molecule has 1 rings (SSSR count). The van der Waals surface area contributed by atoms with Crippen molar-refractivity contribution in [3.05, 3.63) is 40.4 Å². The Labute approximate surface area is 101 Å². The van der Waals surface area contributed by atoms with Crippen molar-refractivity contribution in [3.8, 4) is 0 Å². The van der Waals surface area contributed by atoms with Crippen LogP contribution in [0.3, 0.4) is 0 Å². The first kappa shape index (κ1) is 12.7. The molecule has 0 radical (unpaired) electrons. The van der Waals surface area contributed by atoms with Crippen LogP contribution in [-0.4, -0.2) is 39.4 Å². The second-order valence-corrected chi connectivity index (χ2v) is 11.3. The van der Waals surface area contributed by atoms with Gasteiger partial charge in [0.25, 0.3) is 0 Å². The molecular weight excluding hydrogens is 285 g/mol. The van der Waals surface area contributed by atoms with Crippen LogP contribution in [0.15, 0.2) is 40.4 Å². The van der Waals surface area contributed by atoms with Crippen molar-refractivity contribution in [2.75, 3.05) is 13.1 Å². The molecule has 0 amide bonds. The van der Waals surface area contributed by atoms with Gasteiger partial charge in [-0.15, -0.1) is 0 Å². The van der Waals surface area contributed by atoms with Crippen LogP contribution in [0.1, 0.15) is 13.8 Å². The molecule has 1 aromatic carbocycles. The Bertz CT molecular complexity index is 291. The Morgan fingerprint density at radius 2 is 1.73 bits per heavy atom. The molecule has 0 saturated carbocycles. The van der Waals surface area contributed by atoms with Gasteiger partial charge in [0.1, 0.15) is 0 Å². The third kappa shape index (κ3) is 4.33. The fourth-order valence-corrected chi connectivity index (χ4v) is 5.99. The average Bonchev–Trinajstić information content (AvgIpc) is 2.31. The van der Waals surface area contributed by atoms with Crippen LogP contribution in [0.25, 0.3) is 0 Å². The standard InChI is InChI=1S/C6H12N.C6H5.CH3.In/c1-4-7(5-2)6-3;1-2-4-6-5-3-1;;/h1,4H,5-6H2,2-3H3;1-5H;1H3;. The number of hydrogen-bond donors (Lipinski definition) is 0. The van der Waals surface area contributed by atoms with Crippen LogP contribution in [0.2, 0.25) is 4.68 Å². The zero-order valence-electron chi connectivity index (χ0n) is 9.98. The first-order chi connectivity index (χ1) is 7.27. The molecule has 0 unspecified atom stereocenters. The van der Waals surface area contributed by atoms with Gasteiger partial charge in [-0.1, -0.05) is 0 Å². The zero-order valence-corrected chi connectivity index (χ0v) is 13.3. The summed E-state index contributed by atoms with van der Waals surface area (Å²) in [6, 6.07) is 10.9. The van der Waals surface area contributed by atoms with Gasteiger partial charge in [-0.25, -0.2) is 0 Å². The maximum atomic E-state index is 2.48. The van der Waals surface area contributed by atoms with E-state index < -0.39 is 21.4 Å². The molecular formula is C13H20InN. The van der Waals surface area contributed by atoms with Crippen molar-refractivity contribution in [1.29, 1.82) is 0 Å². The predicted octanol–water partition coefficient (Wildman–Crippen LogP) is 2.41. The third-order valence-electron chi connectivity index (χ3n) is 2.72. The molecule has 80 valence electrons. The first-order valence-electron chi connectivity index (χ1n) is 5.75. The molecule has 0 heterocycles. The third-order valence-corrected chi connectivity index (χ3v) is 8.96. The van der Waals surface area contributed by atoms with Gasteiger partial charge in [0.2, 0.25) is 0 Å². The number of rotatable bonds is 5. The van der Waals surface area contributed by atoms with Crippen molar-refractivity contribution in [2.45, 2.75) is 18.5 Å². The molecule has 0 saturated heterocycles. The van der Waals surface area contributed by atoms with E-state index >= 15 is 0 Å². The number of hydrogen-bond acceptors (Lipinski definition) is 1. The molecule has 0 spiro atoms. The molecule has 0 aliphatic heterocycles. The summed E-state index contributed by atoms with van der Waals surface area (Å²) < 4.78 is 6.50. The van der Waals surface area contributed by atoms with Gasteiger partial charge in [-0.3, -0.25) is 0 Å². The van der Waals surface area contributed by atoms with Crippen LogP contribution in [0.5, 0.6) is 0 Å². The van der Waals surface area contributed by atoms with Gasteiger partial charge in [0.05, 0.1) is 0 Å². The minimum absolute atomic E-state index is 1.11. The number of benzene rings is 1. The predicted molar refractivity (Wildman–Crippen MR) is 69.8 cm³/mol. The summed E-state index contributed by atoms with van der Waals surface area (Å²) in [6.07, 6.45) is 2.30. The van der Waals surface area contributed by atoms with Gasteiger partial charge >= 0.3 is 102 Å². The normalized spacial score (nSPS) is 10.6. The monoisotopic (exact) mass is 305 g/mol. The fourth-order valence-electron chi connectivity index (χ4n) is 1.55. The number of nitrogens with zero attached hydrogens (tertiary/aromatic N) is 1. The van der Waals surface area contributed by atoms with E-state index in [1.54, 1.807) is 3.32 Å². The van der Waals surface area contributed by atoms with Crippen LogP contribution in [0.4, 0.5) is 0 Å². The van der Waals surface area contributed by atoms with Crippen LogP contribution >= 0.6 is 0 Å². The van der Waals surface area contributed by atoms with Crippen molar-refractivity contribution < 1.29 is 0 Å². The Morgan fingerprint density at radius 1 is 1.13 bits per heavy atom. The molecule has 1 nitrogen and oxygen atoms in total. The van der Waals surface area contributed by atoms with Gasteiger partial charge in [-0.2, -0.15) is 0 Å². The van der Waals surface area contributed by atoms with E-state index in [0.29, 0.717) is 0 Å². The SMILES string of the molecule is CCN(C=[CH][In]([CH3])[c]1ccccc1)CC. The summed E-state index contributed by atoms with van der Waals surface area (Å²) >= 11 is -1.56. The molecule has 0 aliphatic carbocycles. The molecule has 15 heavy (non-hydrogen) atoms. The van der Waals surface area contributed by atoms with E-state index in [2.05, 4.69) is 63.8 Å². The summed E-state index contributed by atoms with van der Waals surface area (Å²) in [4.78, 5) is 2.36. The molecule has 0 N–H and O–H groups in total. The molecule has 1 aromatic rings. The quantitative estimate of drug-likeness (QED) is 0.807. The Hall–Kier alpha value is -0.370. The van der Waals surface area contributed by atoms with Crippen LogP contribution < -0.4 is 3.32 Å². The Morgan fingerprint density at radius 3 is 2.27 bits per heavy atom.